The Kier molecular flexibility index (Phi) is 4.85. The number of aromatic nitrogens is 1. The lowest BCUT2D eigenvalue weighted by atomic mass is 10.3. The molecule has 0 aliphatic carbocycles. The van der Waals surface area contributed by atoms with Crippen molar-refractivity contribution in [2.24, 2.45) is 4.99 Å². The number of hydroxylamine groups is 2. The van der Waals surface area contributed by atoms with Gasteiger partial charge in [-0.25, -0.2) is 10.1 Å². The maximum atomic E-state index is 11.6. The summed E-state index contributed by atoms with van der Waals surface area (Å²) in [7, 11) is 0. The Hall–Kier alpha value is -2.02. The highest BCUT2D eigenvalue weighted by molar-refractivity contribution is 6.43. The number of benzene rings is 1. The second-order valence-corrected chi connectivity index (χ2v) is 5.61. The molecular weight excluding hydrogens is 339 g/mol. The first-order valence-electron chi connectivity index (χ1n) is 6.99. The van der Waals surface area contributed by atoms with Crippen LogP contribution in [0.5, 0.6) is 0 Å². The van der Waals surface area contributed by atoms with Gasteiger partial charge in [0.15, 0.2) is 12.8 Å². The second-order valence-electron chi connectivity index (χ2n) is 4.83. The van der Waals surface area contributed by atoms with Gasteiger partial charge in [0.2, 0.25) is 11.7 Å². The van der Waals surface area contributed by atoms with E-state index in [9.17, 15) is 5.21 Å². The number of halogens is 2. The van der Waals surface area contributed by atoms with Crippen LogP contribution < -0.4 is 10.0 Å². The molecule has 6 nitrogen and oxygen atoms in total. The minimum Gasteiger partial charge on any atom is -0.618 e. The van der Waals surface area contributed by atoms with Gasteiger partial charge in [-0.05, 0) is 18.2 Å². The normalized spacial score (nSPS) is 15.9. The highest BCUT2D eigenvalue weighted by Gasteiger charge is 2.21. The third kappa shape index (κ3) is 3.67. The molecule has 0 amide bonds. The standard InChI is InChI=1S/C15H14Cl2N4O2/c16-12-5-3-6-13(14(12)17)19-15-18-7-9-21(15)23-10-11-4-1-2-8-20(11)22/h1-6,8H,7,9-10H2,(H,18,19). The predicted molar refractivity (Wildman–Crippen MR) is 88.5 cm³/mol. The maximum absolute atomic E-state index is 11.6. The summed E-state index contributed by atoms with van der Waals surface area (Å²) in [6, 6.07) is 10.4. The van der Waals surface area contributed by atoms with Crippen LogP contribution in [-0.4, -0.2) is 24.1 Å². The molecule has 3 rings (SSSR count). The van der Waals surface area contributed by atoms with Gasteiger partial charge in [-0.1, -0.05) is 29.3 Å². The van der Waals surface area contributed by atoms with Crippen molar-refractivity contribution in [2.75, 3.05) is 13.1 Å². The van der Waals surface area contributed by atoms with Crippen LogP contribution in [0.15, 0.2) is 47.6 Å². The van der Waals surface area contributed by atoms with Crippen molar-refractivity contribution in [3.8, 4) is 0 Å². The molecule has 1 aliphatic heterocycles. The van der Waals surface area contributed by atoms with Crippen molar-refractivity contribution < 1.29 is 9.57 Å². The molecule has 1 aromatic heterocycles. The van der Waals surface area contributed by atoms with E-state index in [0.717, 1.165) is 4.73 Å². The Morgan fingerprint density at radius 1 is 1.26 bits per heavy atom. The number of aliphatic imine (C=N–C) groups is 1. The average molecular weight is 353 g/mol. The molecule has 1 saturated heterocycles. The molecule has 0 bridgehead atoms. The molecule has 1 aromatic carbocycles. The molecule has 0 spiro atoms. The summed E-state index contributed by atoms with van der Waals surface area (Å²) in [6.07, 6.45) is 1.43. The van der Waals surface area contributed by atoms with Crippen LogP contribution in [0.4, 0.5) is 5.69 Å². The lowest BCUT2D eigenvalue weighted by molar-refractivity contribution is -0.617. The van der Waals surface area contributed by atoms with Gasteiger partial charge in [0, 0.05) is 18.7 Å². The Morgan fingerprint density at radius 3 is 2.96 bits per heavy atom. The quantitative estimate of drug-likeness (QED) is 0.678. The van der Waals surface area contributed by atoms with Gasteiger partial charge in [-0.3, -0.25) is 4.84 Å². The summed E-state index contributed by atoms with van der Waals surface area (Å²) in [5.41, 5.74) is 1.07. The number of hydrogen-bond donors (Lipinski definition) is 1. The first kappa shape index (κ1) is 15.9. The van der Waals surface area contributed by atoms with Crippen LogP contribution >= 0.6 is 23.2 Å². The summed E-state index contributed by atoms with van der Waals surface area (Å²) in [5, 5.41) is 17.2. The van der Waals surface area contributed by atoms with Gasteiger partial charge < -0.3 is 10.5 Å². The summed E-state index contributed by atoms with van der Waals surface area (Å²) >= 11 is 12.1. The third-order valence-electron chi connectivity index (χ3n) is 3.26. The van der Waals surface area contributed by atoms with Gasteiger partial charge in [0.1, 0.15) is 0 Å². The van der Waals surface area contributed by atoms with Crippen molar-refractivity contribution >= 4 is 34.8 Å². The largest absolute Gasteiger partial charge is 0.618 e. The highest BCUT2D eigenvalue weighted by Crippen LogP contribution is 2.32. The minimum atomic E-state index is 0.147. The lowest BCUT2D eigenvalue weighted by Crippen LogP contribution is -2.35. The molecule has 1 aliphatic rings. The van der Waals surface area contributed by atoms with Crippen molar-refractivity contribution in [1.29, 1.82) is 0 Å². The zero-order valence-corrected chi connectivity index (χ0v) is 13.6. The second kappa shape index (κ2) is 7.04. The zero-order valence-electron chi connectivity index (χ0n) is 12.1. The van der Waals surface area contributed by atoms with Crippen LogP contribution in [0, 0.1) is 5.21 Å². The summed E-state index contributed by atoms with van der Waals surface area (Å²) in [5.74, 6) is 0.530. The molecule has 0 radical (unpaired) electrons. The van der Waals surface area contributed by atoms with Gasteiger partial charge >= 0.3 is 0 Å². The van der Waals surface area contributed by atoms with Crippen molar-refractivity contribution in [3.05, 3.63) is 63.5 Å². The van der Waals surface area contributed by atoms with E-state index in [-0.39, 0.29) is 6.61 Å². The Morgan fingerprint density at radius 2 is 2.13 bits per heavy atom. The van der Waals surface area contributed by atoms with E-state index in [1.54, 1.807) is 41.5 Å². The topological polar surface area (TPSA) is 63.8 Å². The van der Waals surface area contributed by atoms with E-state index in [1.807, 2.05) is 0 Å². The number of guanidine groups is 1. The third-order valence-corrected chi connectivity index (χ3v) is 4.07. The zero-order chi connectivity index (χ0) is 16.2. The van der Waals surface area contributed by atoms with Crippen LogP contribution in [0.3, 0.4) is 0 Å². The first-order chi connectivity index (χ1) is 11.1. The molecule has 2 aromatic rings. The number of nitrogens with one attached hydrogen (secondary N) is 1. The lowest BCUT2D eigenvalue weighted by Gasteiger charge is -2.16. The molecule has 0 atom stereocenters. The molecule has 23 heavy (non-hydrogen) atoms. The Balaban J connectivity index is 1.74. The summed E-state index contributed by atoms with van der Waals surface area (Å²) < 4.78 is 0.772. The van der Waals surface area contributed by atoms with Crippen LogP contribution in [-0.2, 0) is 11.4 Å². The first-order valence-corrected chi connectivity index (χ1v) is 7.75. The smallest absolute Gasteiger partial charge is 0.223 e. The number of hydrogen-bond acceptors (Lipinski definition) is 3. The predicted octanol–water partition coefficient (Wildman–Crippen LogP) is 2.65. The highest BCUT2D eigenvalue weighted by atomic mass is 35.5. The fraction of sp³-hybridized carbons (Fsp3) is 0.200. The number of pyridine rings is 1. The van der Waals surface area contributed by atoms with E-state index in [4.69, 9.17) is 28.0 Å². The average Bonchev–Trinajstić information content (AvgIpc) is 2.98. The van der Waals surface area contributed by atoms with Crippen molar-refractivity contribution in [2.45, 2.75) is 6.61 Å². The van der Waals surface area contributed by atoms with Gasteiger partial charge in [0.25, 0.3) is 0 Å². The van der Waals surface area contributed by atoms with E-state index in [0.29, 0.717) is 40.5 Å². The summed E-state index contributed by atoms with van der Waals surface area (Å²) in [6.45, 7) is 1.44. The van der Waals surface area contributed by atoms with Gasteiger partial charge in [0.05, 0.1) is 22.3 Å². The fourth-order valence-electron chi connectivity index (χ4n) is 2.10. The molecule has 2 heterocycles. The molecule has 1 N–H and O–H groups in total. The van der Waals surface area contributed by atoms with E-state index < -0.39 is 0 Å². The fourth-order valence-corrected chi connectivity index (χ4v) is 2.43. The Bertz CT molecular complexity index is 739. The van der Waals surface area contributed by atoms with E-state index >= 15 is 0 Å². The van der Waals surface area contributed by atoms with Crippen LogP contribution in [0.1, 0.15) is 5.69 Å². The van der Waals surface area contributed by atoms with Crippen molar-refractivity contribution in [1.82, 2.24) is 10.4 Å². The molecule has 120 valence electrons. The van der Waals surface area contributed by atoms with Crippen molar-refractivity contribution in [3.63, 3.8) is 0 Å². The molecular formula is C15H14Cl2N4O2. The summed E-state index contributed by atoms with van der Waals surface area (Å²) in [4.78, 5) is 10.1. The van der Waals surface area contributed by atoms with E-state index in [2.05, 4.69) is 10.3 Å². The number of rotatable bonds is 4. The van der Waals surface area contributed by atoms with E-state index in [1.165, 1.54) is 6.20 Å². The van der Waals surface area contributed by atoms with Crippen LogP contribution in [0.2, 0.25) is 10.0 Å². The van der Waals surface area contributed by atoms with Gasteiger partial charge in [-0.15, -0.1) is 0 Å². The number of nitrogens with zero attached hydrogens (tertiary/aromatic N) is 3. The molecule has 0 unspecified atom stereocenters. The SMILES string of the molecule is [O-][n+]1ccccc1CON1CCN/C1=N\c1cccc(Cl)c1Cl. The molecule has 8 heteroatoms. The Labute approximate surface area is 143 Å². The molecule has 0 saturated carbocycles. The minimum absolute atomic E-state index is 0.147. The monoisotopic (exact) mass is 352 g/mol. The molecule has 1 fully saturated rings. The van der Waals surface area contributed by atoms with Gasteiger partial charge in [-0.2, -0.15) is 4.73 Å². The maximum Gasteiger partial charge on any atom is 0.223 e. The van der Waals surface area contributed by atoms with Crippen LogP contribution in [0.25, 0.3) is 0 Å².